The summed E-state index contributed by atoms with van der Waals surface area (Å²) >= 11 is 0. The lowest BCUT2D eigenvalue weighted by Gasteiger charge is -2.14. The predicted molar refractivity (Wildman–Crippen MR) is 45.2 cm³/mol. The van der Waals surface area contributed by atoms with Crippen molar-refractivity contribution in [3.8, 4) is 0 Å². The average Bonchev–Trinajstić information content (AvgIpc) is 2.62. The molecule has 1 saturated carbocycles. The molecule has 0 aliphatic heterocycles. The fourth-order valence-corrected chi connectivity index (χ4v) is 2.32. The monoisotopic (exact) mass is 150 g/mol. The summed E-state index contributed by atoms with van der Waals surface area (Å²) in [4.78, 5) is 0. The van der Waals surface area contributed by atoms with E-state index in [1.165, 1.54) is 30.4 Å². The first-order valence-electron chi connectivity index (χ1n) is 4.32. The molecule has 0 aromatic heterocycles. The number of aliphatic hydroxyl groups excluding tert-OH is 1. The maximum absolute atomic E-state index is 9.50. The van der Waals surface area contributed by atoms with E-state index in [2.05, 4.69) is 6.58 Å². The Labute approximate surface area is 67.4 Å². The fourth-order valence-electron chi connectivity index (χ4n) is 2.32. The first-order chi connectivity index (χ1) is 5.31. The SMILES string of the molecule is C=CC(O)C1=C2CCC(C2)C1. The van der Waals surface area contributed by atoms with Gasteiger partial charge in [-0.05, 0) is 37.2 Å². The number of rotatable bonds is 2. The molecule has 2 bridgehead atoms. The van der Waals surface area contributed by atoms with Crippen LogP contribution in [0.1, 0.15) is 25.7 Å². The largest absolute Gasteiger partial charge is 0.385 e. The Morgan fingerprint density at radius 3 is 2.82 bits per heavy atom. The zero-order valence-corrected chi connectivity index (χ0v) is 6.71. The van der Waals surface area contributed by atoms with Crippen LogP contribution in [-0.4, -0.2) is 11.2 Å². The fraction of sp³-hybridized carbons (Fsp3) is 0.600. The predicted octanol–water partition coefficient (Wildman–Crippen LogP) is 2.03. The van der Waals surface area contributed by atoms with Gasteiger partial charge in [0.2, 0.25) is 0 Å². The summed E-state index contributed by atoms with van der Waals surface area (Å²) in [5.74, 6) is 0.856. The number of hydrogen-bond donors (Lipinski definition) is 1. The Hall–Kier alpha value is -0.560. The van der Waals surface area contributed by atoms with Crippen LogP contribution in [0.5, 0.6) is 0 Å². The van der Waals surface area contributed by atoms with E-state index in [0.717, 1.165) is 12.3 Å². The van der Waals surface area contributed by atoms with Gasteiger partial charge in [0.25, 0.3) is 0 Å². The third-order valence-electron chi connectivity index (χ3n) is 2.93. The molecule has 1 heteroatoms. The summed E-state index contributed by atoms with van der Waals surface area (Å²) in [5.41, 5.74) is 2.79. The molecule has 60 valence electrons. The zero-order chi connectivity index (χ0) is 7.84. The summed E-state index contributed by atoms with van der Waals surface area (Å²) in [6.45, 7) is 3.60. The molecular weight excluding hydrogens is 136 g/mol. The Bertz CT molecular complexity index is 215. The van der Waals surface area contributed by atoms with E-state index < -0.39 is 0 Å². The highest BCUT2D eigenvalue weighted by atomic mass is 16.3. The lowest BCUT2D eigenvalue weighted by Crippen LogP contribution is -2.09. The van der Waals surface area contributed by atoms with E-state index in [1.807, 2.05) is 0 Å². The minimum Gasteiger partial charge on any atom is -0.385 e. The molecule has 1 fully saturated rings. The van der Waals surface area contributed by atoms with E-state index >= 15 is 0 Å². The lowest BCUT2D eigenvalue weighted by molar-refractivity contribution is 0.250. The van der Waals surface area contributed by atoms with Crippen molar-refractivity contribution < 1.29 is 5.11 Å². The number of fused-ring (bicyclic) bond motifs is 2. The molecule has 2 aliphatic rings. The molecule has 0 amide bonds. The maximum atomic E-state index is 9.50. The van der Waals surface area contributed by atoms with Gasteiger partial charge in [-0.15, -0.1) is 6.58 Å². The summed E-state index contributed by atoms with van der Waals surface area (Å²) in [7, 11) is 0. The van der Waals surface area contributed by atoms with Gasteiger partial charge in [0.05, 0.1) is 6.10 Å². The van der Waals surface area contributed by atoms with Gasteiger partial charge in [-0.3, -0.25) is 0 Å². The Morgan fingerprint density at radius 1 is 1.55 bits per heavy atom. The van der Waals surface area contributed by atoms with Crippen LogP contribution in [0.4, 0.5) is 0 Å². The van der Waals surface area contributed by atoms with E-state index in [9.17, 15) is 5.11 Å². The third-order valence-corrected chi connectivity index (χ3v) is 2.93. The van der Waals surface area contributed by atoms with Crippen molar-refractivity contribution in [2.24, 2.45) is 5.92 Å². The molecule has 0 heterocycles. The topological polar surface area (TPSA) is 20.2 Å². The highest BCUT2D eigenvalue weighted by Crippen LogP contribution is 2.45. The van der Waals surface area contributed by atoms with Crippen LogP contribution in [0.25, 0.3) is 0 Å². The standard InChI is InChI=1S/C10H14O/c1-2-10(11)9-6-7-3-4-8(9)5-7/h2,7,10-11H,1,3-6H2. The van der Waals surface area contributed by atoms with E-state index in [1.54, 1.807) is 6.08 Å². The van der Waals surface area contributed by atoms with Gasteiger partial charge in [-0.25, -0.2) is 0 Å². The second kappa shape index (κ2) is 2.49. The third kappa shape index (κ3) is 1.04. The van der Waals surface area contributed by atoms with E-state index in [4.69, 9.17) is 0 Å². The van der Waals surface area contributed by atoms with Gasteiger partial charge in [0.1, 0.15) is 0 Å². The van der Waals surface area contributed by atoms with Crippen molar-refractivity contribution in [3.05, 3.63) is 23.8 Å². The minimum absolute atomic E-state index is 0.352. The highest BCUT2D eigenvalue weighted by molar-refractivity contribution is 5.30. The van der Waals surface area contributed by atoms with Crippen LogP contribution in [0.2, 0.25) is 0 Å². The summed E-state index contributed by atoms with van der Waals surface area (Å²) in [5, 5.41) is 9.50. The molecule has 0 aromatic rings. The quantitative estimate of drug-likeness (QED) is 0.597. The molecule has 1 N–H and O–H groups in total. The molecule has 2 unspecified atom stereocenters. The van der Waals surface area contributed by atoms with Crippen molar-refractivity contribution in [1.82, 2.24) is 0 Å². The maximum Gasteiger partial charge on any atom is 0.0931 e. The summed E-state index contributed by atoms with van der Waals surface area (Å²) in [6, 6.07) is 0. The van der Waals surface area contributed by atoms with Crippen LogP contribution in [0, 0.1) is 5.92 Å². The highest BCUT2D eigenvalue weighted by Gasteiger charge is 2.31. The second-order valence-electron chi connectivity index (χ2n) is 3.62. The first kappa shape index (κ1) is 7.11. The second-order valence-corrected chi connectivity index (χ2v) is 3.62. The van der Waals surface area contributed by atoms with Crippen molar-refractivity contribution in [1.29, 1.82) is 0 Å². The van der Waals surface area contributed by atoms with E-state index in [0.29, 0.717) is 0 Å². The molecule has 1 nitrogen and oxygen atoms in total. The molecule has 2 aliphatic carbocycles. The van der Waals surface area contributed by atoms with Gasteiger partial charge >= 0.3 is 0 Å². The van der Waals surface area contributed by atoms with Gasteiger partial charge in [0, 0.05) is 0 Å². The lowest BCUT2D eigenvalue weighted by atomic mass is 9.95. The molecule has 2 atom stereocenters. The Morgan fingerprint density at radius 2 is 2.36 bits per heavy atom. The van der Waals surface area contributed by atoms with Gasteiger partial charge in [0.15, 0.2) is 0 Å². The Kier molecular flexibility index (Phi) is 1.61. The summed E-state index contributed by atoms with van der Waals surface area (Å²) < 4.78 is 0. The van der Waals surface area contributed by atoms with Gasteiger partial charge < -0.3 is 5.11 Å². The zero-order valence-electron chi connectivity index (χ0n) is 6.71. The number of hydrogen-bond acceptors (Lipinski definition) is 1. The van der Waals surface area contributed by atoms with Crippen LogP contribution in [0.3, 0.4) is 0 Å². The number of aliphatic hydroxyl groups is 1. The molecule has 0 aromatic carbocycles. The smallest absolute Gasteiger partial charge is 0.0931 e. The first-order valence-corrected chi connectivity index (χ1v) is 4.32. The van der Waals surface area contributed by atoms with Crippen LogP contribution >= 0.6 is 0 Å². The minimum atomic E-state index is -0.352. The van der Waals surface area contributed by atoms with Gasteiger partial charge in [-0.2, -0.15) is 0 Å². The summed E-state index contributed by atoms with van der Waals surface area (Å²) in [6.07, 6.45) is 6.25. The Balaban J connectivity index is 2.20. The molecule has 11 heavy (non-hydrogen) atoms. The van der Waals surface area contributed by atoms with Crippen molar-refractivity contribution in [3.63, 3.8) is 0 Å². The molecule has 0 saturated heterocycles. The van der Waals surface area contributed by atoms with Crippen LogP contribution in [-0.2, 0) is 0 Å². The molecular formula is C10H14O. The normalized spacial score (nSPS) is 31.2. The van der Waals surface area contributed by atoms with Crippen LogP contribution < -0.4 is 0 Å². The number of allylic oxidation sites excluding steroid dienone is 1. The molecule has 0 radical (unpaired) electrons. The van der Waals surface area contributed by atoms with Crippen molar-refractivity contribution >= 4 is 0 Å². The van der Waals surface area contributed by atoms with Crippen molar-refractivity contribution in [2.75, 3.05) is 0 Å². The molecule has 2 rings (SSSR count). The molecule has 0 spiro atoms. The van der Waals surface area contributed by atoms with Crippen LogP contribution in [0.15, 0.2) is 23.8 Å². The van der Waals surface area contributed by atoms with Gasteiger partial charge in [-0.1, -0.05) is 11.6 Å². The van der Waals surface area contributed by atoms with E-state index in [-0.39, 0.29) is 6.10 Å². The van der Waals surface area contributed by atoms with Crippen molar-refractivity contribution in [2.45, 2.75) is 31.8 Å². The average molecular weight is 150 g/mol.